The van der Waals surface area contributed by atoms with E-state index in [-0.39, 0.29) is 5.82 Å². The Bertz CT molecular complexity index is 241. The summed E-state index contributed by atoms with van der Waals surface area (Å²) in [6.07, 6.45) is 0.957. The Hall–Kier alpha value is -0.890. The average molecular weight is 181 g/mol. The highest BCUT2D eigenvalue weighted by Gasteiger charge is 1.95. The number of hydrogen-bond acceptors (Lipinski definition) is 1. The molecule has 0 aliphatic heterocycles. The SMILES string of the molecule is CC(C)NCCc1ccc(F)cc1. The Morgan fingerprint density at radius 1 is 1.23 bits per heavy atom. The second-order valence-corrected chi connectivity index (χ2v) is 3.49. The molecule has 0 heterocycles. The van der Waals surface area contributed by atoms with E-state index in [2.05, 4.69) is 19.2 Å². The summed E-state index contributed by atoms with van der Waals surface area (Å²) < 4.78 is 12.5. The summed E-state index contributed by atoms with van der Waals surface area (Å²) in [6, 6.07) is 7.19. The predicted molar refractivity (Wildman–Crippen MR) is 53.2 cm³/mol. The van der Waals surface area contributed by atoms with E-state index >= 15 is 0 Å². The molecule has 1 N–H and O–H groups in total. The van der Waals surface area contributed by atoms with Crippen LogP contribution in [-0.2, 0) is 6.42 Å². The van der Waals surface area contributed by atoms with Gasteiger partial charge in [-0.15, -0.1) is 0 Å². The van der Waals surface area contributed by atoms with Crippen LogP contribution in [0.25, 0.3) is 0 Å². The van der Waals surface area contributed by atoms with Crippen LogP contribution < -0.4 is 5.32 Å². The molecule has 0 saturated carbocycles. The van der Waals surface area contributed by atoms with Gasteiger partial charge in [0.15, 0.2) is 0 Å². The van der Waals surface area contributed by atoms with E-state index in [9.17, 15) is 4.39 Å². The van der Waals surface area contributed by atoms with Crippen molar-refractivity contribution in [3.63, 3.8) is 0 Å². The fourth-order valence-corrected chi connectivity index (χ4v) is 1.16. The minimum atomic E-state index is -0.166. The summed E-state index contributed by atoms with van der Waals surface area (Å²) in [7, 11) is 0. The number of halogens is 1. The highest BCUT2D eigenvalue weighted by atomic mass is 19.1. The fraction of sp³-hybridized carbons (Fsp3) is 0.455. The average Bonchev–Trinajstić information content (AvgIpc) is 2.08. The van der Waals surface area contributed by atoms with Gasteiger partial charge in [-0.05, 0) is 30.7 Å². The molecular formula is C11H16FN. The second-order valence-electron chi connectivity index (χ2n) is 3.49. The van der Waals surface area contributed by atoms with Crippen molar-refractivity contribution in [2.45, 2.75) is 26.3 Å². The molecule has 0 radical (unpaired) electrons. The Morgan fingerprint density at radius 3 is 2.38 bits per heavy atom. The minimum absolute atomic E-state index is 0.166. The topological polar surface area (TPSA) is 12.0 Å². The first-order valence-corrected chi connectivity index (χ1v) is 4.66. The van der Waals surface area contributed by atoms with Crippen molar-refractivity contribution < 1.29 is 4.39 Å². The Morgan fingerprint density at radius 2 is 1.85 bits per heavy atom. The molecule has 2 heteroatoms. The van der Waals surface area contributed by atoms with Crippen LogP contribution >= 0.6 is 0 Å². The lowest BCUT2D eigenvalue weighted by molar-refractivity contribution is 0.589. The molecule has 13 heavy (non-hydrogen) atoms. The summed E-state index contributed by atoms with van der Waals surface area (Å²) in [6.45, 7) is 5.18. The number of benzene rings is 1. The van der Waals surface area contributed by atoms with Gasteiger partial charge in [0, 0.05) is 6.04 Å². The van der Waals surface area contributed by atoms with Crippen molar-refractivity contribution >= 4 is 0 Å². The zero-order chi connectivity index (χ0) is 9.68. The van der Waals surface area contributed by atoms with Crippen LogP contribution in [0.4, 0.5) is 4.39 Å². The van der Waals surface area contributed by atoms with Gasteiger partial charge >= 0.3 is 0 Å². The molecule has 1 nitrogen and oxygen atoms in total. The van der Waals surface area contributed by atoms with Gasteiger partial charge in [-0.1, -0.05) is 26.0 Å². The van der Waals surface area contributed by atoms with E-state index in [0.717, 1.165) is 13.0 Å². The van der Waals surface area contributed by atoms with Gasteiger partial charge in [-0.2, -0.15) is 0 Å². The quantitative estimate of drug-likeness (QED) is 0.752. The first-order valence-electron chi connectivity index (χ1n) is 4.66. The Balaban J connectivity index is 2.33. The Labute approximate surface area is 79.0 Å². The van der Waals surface area contributed by atoms with Crippen LogP contribution in [0.3, 0.4) is 0 Å². The van der Waals surface area contributed by atoms with Crippen molar-refractivity contribution in [3.05, 3.63) is 35.6 Å². The molecule has 0 aliphatic rings. The lowest BCUT2D eigenvalue weighted by Gasteiger charge is -2.07. The summed E-state index contributed by atoms with van der Waals surface area (Å²) in [5.41, 5.74) is 1.18. The van der Waals surface area contributed by atoms with Crippen LogP contribution in [0.15, 0.2) is 24.3 Å². The Kier molecular flexibility index (Phi) is 3.90. The van der Waals surface area contributed by atoms with E-state index in [1.165, 1.54) is 17.7 Å². The van der Waals surface area contributed by atoms with Gasteiger partial charge in [-0.25, -0.2) is 4.39 Å². The summed E-state index contributed by atoms with van der Waals surface area (Å²) >= 11 is 0. The molecular weight excluding hydrogens is 165 g/mol. The number of rotatable bonds is 4. The number of nitrogens with one attached hydrogen (secondary N) is 1. The molecule has 0 unspecified atom stereocenters. The molecule has 1 aromatic carbocycles. The molecule has 0 spiro atoms. The number of hydrogen-bond donors (Lipinski definition) is 1. The summed E-state index contributed by atoms with van der Waals surface area (Å²) in [5, 5.41) is 3.31. The maximum atomic E-state index is 12.5. The molecule has 0 bridgehead atoms. The van der Waals surface area contributed by atoms with Gasteiger partial charge in [0.1, 0.15) is 5.82 Å². The molecule has 1 aromatic rings. The largest absolute Gasteiger partial charge is 0.314 e. The van der Waals surface area contributed by atoms with Crippen molar-refractivity contribution in [3.8, 4) is 0 Å². The van der Waals surface area contributed by atoms with Crippen LogP contribution in [0, 0.1) is 5.82 Å². The third kappa shape index (κ3) is 4.04. The molecule has 0 saturated heterocycles. The van der Waals surface area contributed by atoms with Crippen molar-refractivity contribution in [1.82, 2.24) is 5.32 Å². The monoisotopic (exact) mass is 181 g/mol. The normalized spacial score (nSPS) is 10.8. The van der Waals surface area contributed by atoms with E-state index in [0.29, 0.717) is 6.04 Å². The summed E-state index contributed by atoms with van der Waals surface area (Å²) in [4.78, 5) is 0. The summed E-state index contributed by atoms with van der Waals surface area (Å²) in [5.74, 6) is -0.166. The molecule has 72 valence electrons. The molecule has 0 atom stereocenters. The van der Waals surface area contributed by atoms with Crippen LogP contribution in [0.1, 0.15) is 19.4 Å². The molecule has 0 amide bonds. The van der Waals surface area contributed by atoms with Gasteiger partial charge in [0.2, 0.25) is 0 Å². The van der Waals surface area contributed by atoms with Crippen LogP contribution in [-0.4, -0.2) is 12.6 Å². The first-order chi connectivity index (χ1) is 6.18. The molecule has 0 fully saturated rings. The molecule has 0 aromatic heterocycles. The third-order valence-corrected chi connectivity index (χ3v) is 1.88. The van der Waals surface area contributed by atoms with E-state index in [4.69, 9.17) is 0 Å². The smallest absolute Gasteiger partial charge is 0.123 e. The standard InChI is InChI=1S/C11H16FN/c1-9(2)13-8-7-10-3-5-11(12)6-4-10/h3-6,9,13H,7-8H2,1-2H3. The van der Waals surface area contributed by atoms with Crippen LogP contribution in [0.2, 0.25) is 0 Å². The fourth-order valence-electron chi connectivity index (χ4n) is 1.16. The maximum Gasteiger partial charge on any atom is 0.123 e. The van der Waals surface area contributed by atoms with Crippen molar-refractivity contribution in [1.29, 1.82) is 0 Å². The highest BCUT2D eigenvalue weighted by molar-refractivity contribution is 5.16. The van der Waals surface area contributed by atoms with E-state index in [1.54, 1.807) is 0 Å². The highest BCUT2D eigenvalue weighted by Crippen LogP contribution is 2.02. The van der Waals surface area contributed by atoms with Crippen molar-refractivity contribution in [2.24, 2.45) is 0 Å². The van der Waals surface area contributed by atoms with Gasteiger partial charge < -0.3 is 5.32 Å². The van der Waals surface area contributed by atoms with Gasteiger partial charge in [0.25, 0.3) is 0 Å². The zero-order valence-corrected chi connectivity index (χ0v) is 8.18. The lowest BCUT2D eigenvalue weighted by Crippen LogP contribution is -2.24. The molecule has 0 aliphatic carbocycles. The third-order valence-electron chi connectivity index (χ3n) is 1.88. The van der Waals surface area contributed by atoms with Gasteiger partial charge in [0.05, 0.1) is 0 Å². The maximum absolute atomic E-state index is 12.5. The van der Waals surface area contributed by atoms with E-state index in [1.807, 2.05) is 12.1 Å². The van der Waals surface area contributed by atoms with Gasteiger partial charge in [-0.3, -0.25) is 0 Å². The predicted octanol–water partition coefficient (Wildman–Crippen LogP) is 2.37. The molecule has 1 rings (SSSR count). The zero-order valence-electron chi connectivity index (χ0n) is 8.18. The van der Waals surface area contributed by atoms with Crippen LogP contribution in [0.5, 0.6) is 0 Å². The second kappa shape index (κ2) is 4.97. The van der Waals surface area contributed by atoms with Crippen molar-refractivity contribution in [2.75, 3.05) is 6.54 Å². The van der Waals surface area contributed by atoms with E-state index < -0.39 is 0 Å². The lowest BCUT2D eigenvalue weighted by atomic mass is 10.1. The minimum Gasteiger partial charge on any atom is -0.314 e. The first kappa shape index (κ1) is 10.2.